The van der Waals surface area contributed by atoms with Crippen LogP contribution in [0.15, 0.2) is 59.5 Å². The lowest BCUT2D eigenvalue weighted by atomic mass is 9.85. The van der Waals surface area contributed by atoms with Gasteiger partial charge in [0.15, 0.2) is 0 Å². The maximum Gasteiger partial charge on any atom is 0.275 e. The van der Waals surface area contributed by atoms with E-state index >= 15 is 0 Å². The van der Waals surface area contributed by atoms with Crippen LogP contribution in [0, 0.1) is 5.82 Å². The zero-order valence-electron chi connectivity index (χ0n) is 16.9. The molecule has 154 valence electrons. The van der Waals surface area contributed by atoms with Crippen LogP contribution in [0.2, 0.25) is 0 Å². The molecule has 2 aromatic carbocycles. The number of aromatic nitrogens is 2. The summed E-state index contributed by atoms with van der Waals surface area (Å²) in [5.74, 6) is 0.0744. The van der Waals surface area contributed by atoms with Crippen molar-refractivity contribution in [3.8, 4) is 0 Å². The van der Waals surface area contributed by atoms with Crippen molar-refractivity contribution in [2.24, 2.45) is 0 Å². The number of piperidine rings is 1. The van der Waals surface area contributed by atoms with Gasteiger partial charge in [0.2, 0.25) is 5.91 Å². The van der Waals surface area contributed by atoms with Crippen LogP contribution in [0.4, 0.5) is 4.39 Å². The normalized spacial score (nSPS) is 24.2. The summed E-state index contributed by atoms with van der Waals surface area (Å²) in [6.07, 6.45) is 5.35. The fraction of sp³-hybridized carbons (Fsp3) is 0.375. The number of carbonyl (C=O) groups excluding carboxylic acids is 1. The third-order valence-electron chi connectivity index (χ3n) is 6.77. The van der Waals surface area contributed by atoms with E-state index in [0.717, 1.165) is 36.6 Å². The Labute approximate surface area is 174 Å². The Bertz CT molecular complexity index is 1140. The van der Waals surface area contributed by atoms with Gasteiger partial charge in [0.1, 0.15) is 11.9 Å². The molecule has 2 fully saturated rings. The van der Waals surface area contributed by atoms with E-state index in [0.29, 0.717) is 11.3 Å². The number of nitrogens with zero attached hydrogens (tertiary/aromatic N) is 3. The van der Waals surface area contributed by atoms with Crippen molar-refractivity contribution >= 4 is 16.7 Å². The number of fused-ring (bicyclic) bond motifs is 3. The Morgan fingerprint density at radius 2 is 1.73 bits per heavy atom. The molecule has 2 bridgehead atoms. The summed E-state index contributed by atoms with van der Waals surface area (Å²) in [5, 5.41) is 5.64. The van der Waals surface area contributed by atoms with Gasteiger partial charge in [-0.2, -0.15) is 5.10 Å². The minimum Gasteiger partial charge on any atom is -0.335 e. The fourth-order valence-corrected chi connectivity index (χ4v) is 5.24. The van der Waals surface area contributed by atoms with Gasteiger partial charge >= 0.3 is 0 Å². The molecule has 3 heterocycles. The van der Waals surface area contributed by atoms with Gasteiger partial charge in [0.05, 0.1) is 11.6 Å². The summed E-state index contributed by atoms with van der Waals surface area (Å²) in [4.78, 5) is 28.3. The van der Waals surface area contributed by atoms with E-state index in [4.69, 9.17) is 0 Å². The summed E-state index contributed by atoms with van der Waals surface area (Å²) in [5.41, 5.74) is 0.906. The van der Waals surface area contributed by atoms with Crippen molar-refractivity contribution in [2.75, 3.05) is 0 Å². The van der Waals surface area contributed by atoms with Crippen molar-refractivity contribution in [2.45, 2.75) is 56.7 Å². The van der Waals surface area contributed by atoms with E-state index in [-0.39, 0.29) is 29.4 Å². The van der Waals surface area contributed by atoms with Crippen LogP contribution in [0.25, 0.3) is 10.8 Å². The molecule has 5 nitrogen and oxygen atoms in total. The first-order valence-electron chi connectivity index (χ1n) is 10.6. The molecule has 2 saturated heterocycles. The van der Waals surface area contributed by atoms with Crippen molar-refractivity contribution in [3.63, 3.8) is 0 Å². The van der Waals surface area contributed by atoms with Gasteiger partial charge < -0.3 is 4.90 Å². The number of rotatable bonds is 3. The molecule has 3 unspecified atom stereocenters. The summed E-state index contributed by atoms with van der Waals surface area (Å²) < 4.78 is 14.6. The molecule has 3 aromatic rings. The predicted molar refractivity (Wildman–Crippen MR) is 113 cm³/mol. The van der Waals surface area contributed by atoms with E-state index < -0.39 is 6.04 Å². The first-order chi connectivity index (χ1) is 14.5. The molecule has 30 heavy (non-hydrogen) atoms. The first-order valence-corrected chi connectivity index (χ1v) is 10.6. The molecule has 0 saturated carbocycles. The molecule has 3 atom stereocenters. The molecule has 0 radical (unpaired) electrons. The zero-order valence-corrected chi connectivity index (χ0v) is 16.9. The van der Waals surface area contributed by atoms with Crippen LogP contribution >= 0.6 is 0 Å². The molecule has 5 rings (SSSR count). The molecule has 0 spiro atoms. The molecule has 1 aromatic heterocycles. The van der Waals surface area contributed by atoms with E-state index in [2.05, 4.69) is 5.10 Å². The topological polar surface area (TPSA) is 55.2 Å². The van der Waals surface area contributed by atoms with Crippen molar-refractivity contribution in [3.05, 3.63) is 76.5 Å². The summed E-state index contributed by atoms with van der Waals surface area (Å²) in [6, 6.07) is 13.7. The van der Waals surface area contributed by atoms with E-state index in [1.54, 1.807) is 19.2 Å². The second-order valence-corrected chi connectivity index (χ2v) is 8.51. The average Bonchev–Trinajstić information content (AvgIpc) is 3.03. The van der Waals surface area contributed by atoms with Crippen LogP contribution < -0.4 is 5.56 Å². The monoisotopic (exact) mass is 405 g/mol. The summed E-state index contributed by atoms with van der Waals surface area (Å²) >= 11 is 0. The highest BCUT2D eigenvalue weighted by molar-refractivity contribution is 5.83. The lowest BCUT2D eigenvalue weighted by Gasteiger charge is -2.40. The SMILES string of the molecule is CC(C(=O)N1C2CCC1CC(c1ccc(F)cc1)C2)n1ncc2ccccc2c1=O. The maximum absolute atomic E-state index is 13.4. The van der Waals surface area contributed by atoms with Crippen molar-refractivity contribution in [1.82, 2.24) is 14.7 Å². The molecule has 2 aliphatic heterocycles. The number of halogens is 1. The molecule has 6 heteroatoms. The lowest BCUT2D eigenvalue weighted by molar-refractivity contribution is -0.139. The zero-order chi connectivity index (χ0) is 20.8. The Balaban J connectivity index is 1.39. The van der Waals surface area contributed by atoms with Crippen LogP contribution in [-0.2, 0) is 4.79 Å². The van der Waals surface area contributed by atoms with E-state index in [9.17, 15) is 14.0 Å². The van der Waals surface area contributed by atoms with Gasteiger partial charge in [-0.25, -0.2) is 9.07 Å². The fourth-order valence-electron chi connectivity index (χ4n) is 5.24. The minimum atomic E-state index is -0.646. The van der Waals surface area contributed by atoms with Crippen LogP contribution in [0.5, 0.6) is 0 Å². The van der Waals surface area contributed by atoms with E-state index in [1.165, 1.54) is 16.8 Å². The second kappa shape index (κ2) is 7.35. The summed E-state index contributed by atoms with van der Waals surface area (Å²) in [7, 11) is 0. The van der Waals surface area contributed by atoms with Gasteiger partial charge in [0, 0.05) is 17.5 Å². The van der Waals surface area contributed by atoms with Gasteiger partial charge in [-0.3, -0.25) is 9.59 Å². The lowest BCUT2D eigenvalue weighted by Crippen LogP contribution is -2.49. The molecule has 2 aliphatic rings. The third-order valence-corrected chi connectivity index (χ3v) is 6.77. The highest BCUT2D eigenvalue weighted by Crippen LogP contribution is 2.43. The number of hydrogen-bond acceptors (Lipinski definition) is 3. The van der Waals surface area contributed by atoms with Crippen molar-refractivity contribution in [1.29, 1.82) is 0 Å². The van der Waals surface area contributed by atoms with E-state index in [1.807, 2.05) is 35.2 Å². The highest BCUT2D eigenvalue weighted by Gasteiger charge is 2.45. The average molecular weight is 405 g/mol. The van der Waals surface area contributed by atoms with Crippen molar-refractivity contribution < 1.29 is 9.18 Å². The number of benzene rings is 2. The largest absolute Gasteiger partial charge is 0.335 e. The van der Waals surface area contributed by atoms with Gasteiger partial charge in [-0.1, -0.05) is 30.3 Å². The summed E-state index contributed by atoms with van der Waals surface area (Å²) in [6.45, 7) is 1.76. The Morgan fingerprint density at radius 3 is 2.43 bits per heavy atom. The molecule has 1 amide bonds. The molecule has 0 aliphatic carbocycles. The predicted octanol–water partition coefficient (Wildman–Crippen LogP) is 4.03. The van der Waals surface area contributed by atoms with Gasteiger partial charge in [0.25, 0.3) is 5.56 Å². The Hall–Kier alpha value is -3.02. The maximum atomic E-state index is 13.4. The Morgan fingerprint density at radius 1 is 1.07 bits per heavy atom. The number of carbonyl (C=O) groups is 1. The highest BCUT2D eigenvalue weighted by atomic mass is 19.1. The third kappa shape index (κ3) is 3.11. The quantitative estimate of drug-likeness (QED) is 0.661. The molecular formula is C24H24FN3O2. The number of hydrogen-bond donors (Lipinski definition) is 0. The van der Waals surface area contributed by atoms with Crippen LogP contribution in [0.3, 0.4) is 0 Å². The second-order valence-electron chi connectivity index (χ2n) is 8.51. The molecule has 0 N–H and O–H groups in total. The van der Waals surface area contributed by atoms with Crippen LogP contribution in [0.1, 0.15) is 50.1 Å². The van der Waals surface area contributed by atoms with Gasteiger partial charge in [-0.05, 0) is 62.3 Å². The minimum absolute atomic E-state index is 0.0371. The van der Waals surface area contributed by atoms with Crippen LogP contribution in [-0.4, -0.2) is 32.7 Å². The number of amides is 1. The smallest absolute Gasteiger partial charge is 0.275 e. The molecular weight excluding hydrogens is 381 g/mol. The van der Waals surface area contributed by atoms with Gasteiger partial charge in [-0.15, -0.1) is 0 Å². The standard InChI is InChI=1S/C24H24FN3O2/c1-15(28-24(30)22-5-3-2-4-17(22)14-26-28)23(29)27-20-10-11-21(27)13-18(12-20)16-6-8-19(25)9-7-16/h2-9,14-15,18,20-21H,10-13H2,1H3. The Kier molecular flexibility index (Phi) is 4.65. The first kappa shape index (κ1) is 19.0.